The Balaban J connectivity index is 2.94. The maximum atomic E-state index is 12.9. The van der Waals surface area contributed by atoms with E-state index in [2.05, 4.69) is 5.32 Å². The number of nitrogens with two attached hydrogens (primary N) is 1. The van der Waals surface area contributed by atoms with Crippen LogP contribution in [0.1, 0.15) is 11.1 Å². The minimum Gasteiger partial charge on any atom is -0.370 e. The molecule has 0 aliphatic carbocycles. The van der Waals surface area contributed by atoms with Crippen LogP contribution in [0.15, 0.2) is 18.2 Å². The predicted molar refractivity (Wildman–Crippen MR) is 50.2 cm³/mol. The van der Waals surface area contributed by atoms with Crippen molar-refractivity contribution in [1.82, 2.24) is 5.32 Å². The van der Waals surface area contributed by atoms with E-state index >= 15 is 0 Å². The molecule has 0 aromatic heterocycles. The van der Waals surface area contributed by atoms with Gasteiger partial charge in [0.2, 0.25) is 0 Å². The smallest absolute Gasteiger partial charge is 0.370 e. The summed E-state index contributed by atoms with van der Waals surface area (Å²) in [5.74, 6) is -1.37. The van der Waals surface area contributed by atoms with Crippen LogP contribution in [-0.2, 0) is 12.7 Å². The second-order valence-corrected chi connectivity index (χ2v) is 3.11. The summed E-state index contributed by atoms with van der Waals surface area (Å²) in [4.78, 5) is 0. The fourth-order valence-corrected chi connectivity index (χ4v) is 1.11. The molecule has 0 fully saturated rings. The molecule has 0 atom stereocenters. The van der Waals surface area contributed by atoms with E-state index in [1.165, 1.54) is 0 Å². The zero-order valence-electron chi connectivity index (χ0n) is 8.03. The minimum absolute atomic E-state index is 0.0718. The van der Waals surface area contributed by atoms with Gasteiger partial charge < -0.3 is 11.1 Å². The first-order valence-corrected chi connectivity index (χ1v) is 4.23. The van der Waals surface area contributed by atoms with Gasteiger partial charge in [0.25, 0.3) is 0 Å². The zero-order valence-corrected chi connectivity index (χ0v) is 8.03. The molecule has 4 N–H and O–H groups in total. The highest BCUT2D eigenvalue weighted by Gasteiger charge is 2.31. The molecule has 7 heteroatoms. The van der Waals surface area contributed by atoms with Gasteiger partial charge in [-0.15, -0.1) is 0 Å². The van der Waals surface area contributed by atoms with Crippen molar-refractivity contribution in [1.29, 1.82) is 5.41 Å². The summed E-state index contributed by atoms with van der Waals surface area (Å²) < 4.78 is 49.7. The molecule has 0 saturated heterocycles. The molecule has 0 aliphatic heterocycles. The van der Waals surface area contributed by atoms with Crippen LogP contribution in [0.4, 0.5) is 17.6 Å². The van der Waals surface area contributed by atoms with Crippen LogP contribution >= 0.6 is 0 Å². The van der Waals surface area contributed by atoms with Gasteiger partial charge in [0.1, 0.15) is 5.82 Å². The van der Waals surface area contributed by atoms with Crippen molar-refractivity contribution in [3.63, 3.8) is 0 Å². The Bertz CT molecular complexity index is 400. The number of benzene rings is 1. The topological polar surface area (TPSA) is 61.9 Å². The Morgan fingerprint density at radius 3 is 2.44 bits per heavy atom. The molecule has 88 valence electrons. The first-order valence-electron chi connectivity index (χ1n) is 4.23. The first-order chi connectivity index (χ1) is 7.29. The van der Waals surface area contributed by atoms with E-state index in [0.29, 0.717) is 6.07 Å². The molecule has 0 spiro atoms. The highest BCUT2D eigenvalue weighted by atomic mass is 19.4. The maximum Gasteiger partial charge on any atom is 0.416 e. The van der Waals surface area contributed by atoms with Crippen LogP contribution in [0.3, 0.4) is 0 Å². The van der Waals surface area contributed by atoms with E-state index in [-0.39, 0.29) is 12.1 Å². The molecule has 1 aromatic carbocycles. The molecule has 1 aromatic rings. The Labute approximate surface area is 88.8 Å². The normalized spacial score (nSPS) is 11.2. The third kappa shape index (κ3) is 3.41. The van der Waals surface area contributed by atoms with Gasteiger partial charge in [-0.3, -0.25) is 5.41 Å². The van der Waals surface area contributed by atoms with Crippen molar-refractivity contribution in [2.75, 3.05) is 0 Å². The molecule has 0 saturated carbocycles. The maximum absolute atomic E-state index is 12.9. The van der Waals surface area contributed by atoms with Crippen molar-refractivity contribution in [3.05, 3.63) is 35.1 Å². The fraction of sp³-hybridized carbons (Fsp3) is 0.222. The lowest BCUT2D eigenvalue weighted by atomic mass is 10.1. The predicted octanol–water partition coefficient (Wildman–Crippen LogP) is 1.83. The molecule has 0 aliphatic rings. The average Bonchev–Trinajstić information content (AvgIpc) is 2.12. The molecule has 0 radical (unpaired) electrons. The van der Waals surface area contributed by atoms with Crippen LogP contribution in [0, 0.1) is 11.2 Å². The third-order valence-corrected chi connectivity index (χ3v) is 1.77. The van der Waals surface area contributed by atoms with Crippen LogP contribution in [0.5, 0.6) is 0 Å². The van der Waals surface area contributed by atoms with Crippen LogP contribution < -0.4 is 11.1 Å². The van der Waals surface area contributed by atoms with E-state index in [9.17, 15) is 17.6 Å². The molecule has 1 rings (SSSR count). The van der Waals surface area contributed by atoms with Gasteiger partial charge in [-0.1, -0.05) is 0 Å². The monoisotopic (exact) mass is 235 g/mol. The summed E-state index contributed by atoms with van der Waals surface area (Å²) in [6, 6.07) is 2.17. The minimum atomic E-state index is -4.59. The van der Waals surface area contributed by atoms with E-state index in [1.807, 2.05) is 0 Å². The Morgan fingerprint density at radius 1 is 1.31 bits per heavy atom. The van der Waals surface area contributed by atoms with E-state index in [0.717, 1.165) is 12.1 Å². The van der Waals surface area contributed by atoms with Gasteiger partial charge in [0.05, 0.1) is 5.56 Å². The Kier molecular flexibility index (Phi) is 3.36. The molecule has 0 heterocycles. The lowest BCUT2D eigenvalue weighted by molar-refractivity contribution is -0.137. The molecular formula is C9H9F4N3. The van der Waals surface area contributed by atoms with Crippen LogP contribution in [0.25, 0.3) is 0 Å². The van der Waals surface area contributed by atoms with Crippen LogP contribution in [0.2, 0.25) is 0 Å². The standard InChI is InChI=1S/C9H9F4N3/c10-7-2-5(4-16-8(14)15)1-6(3-7)9(11,12)13/h1-3H,4H2,(H4,14,15,16). The van der Waals surface area contributed by atoms with Gasteiger partial charge in [0.15, 0.2) is 5.96 Å². The highest BCUT2D eigenvalue weighted by Crippen LogP contribution is 2.30. The third-order valence-electron chi connectivity index (χ3n) is 1.77. The fourth-order valence-electron chi connectivity index (χ4n) is 1.11. The number of nitrogens with one attached hydrogen (secondary N) is 2. The molecule has 16 heavy (non-hydrogen) atoms. The number of hydrogen-bond acceptors (Lipinski definition) is 1. The van der Waals surface area contributed by atoms with E-state index < -0.39 is 23.5 Å². The molecule has 0 amide bonds. The summed E-state index contributed by atoms with van der Waals surface area (Å²) in [7, 11) is 0. The lowest BCUT2D eigenvalue weighted by Gasteiger charge is -2.10. The summed E-state index contributed by atoms with van der Waals surface area (Å²) in [5.41, 5.74) is 3.97. The highest BCUT2D eigenvalue weighted by molar-refractivity contribution is 5.74. The Hall–Kier alpha value is -1.79. The average molecular weight is 235 g/mol. The van der Waals surface area contributed by atoms with Crippen molar-refractivity contribution >= 4 is 5.96 Å². The number of guanidine groups is 1. The molecule has 0 unspecified atom stereocenters. The van der Waals surface area contributed by atoms with Gasteiger partial charge in [-0.25, -0.2) is 4.39 Å². The van der Waals surface area contributed by atoms with Crippen molar-refractivity contribution < 1.29 is 17.6 Å². The van der Waals surface area contributed by atoms with E-state index in [4.69, 9.17) is 11.1 Å². The van der Waals surface area contributed by atoms with Gasteiger partial charge in [-0.05, 0) is 23.8 Å². The second kappa shape index (κ2) is 4.38. The number of hydrogen-bond donors (Lipinski definition) is 3. The summed E-state index contributed by atoms with van der Waals surface area (Å²) >= 11 is 0. The second-order valence-electron chi connectivity index (χ2n) is 3.11. The Morgan fingerprint density at radius 2 is 1.94 bits per heavy atom. The number of rotatable bonds is 2. The largest absolute Gasteiger partial charge is 0.416 e. The number of halogens is 4. The number of alkyl halides is 3. The lowest BCUT2D eigenvalue weighted by Crippen LogP contribution is -2.29. The van der Waals surface area contributed by atoms with Crippen molar-refractivity contribution in [2.45, 2.75) is 12.7 Å². The molecule has 0 bridgehead atoms. The van der Waals surface area contributed by atoms with Gasteiger partial charge in [-0.2, -0.15) is 13.2 Å². The van der Waals surface area contributed by atoms with Gasteiger partial charge >= 0.3 is 6.18 Å². The first kappa shape index (κ1) is 12.3. The molecular weight excluding hydrogens is 226 g/mol. The van der Waals surface area contributed by atoms with E-state index in [1.54, 1.807) is 0 Å². The van der Waals surface area contributed by atoms with Crippen molar-refractivity contribution in [3.8, 4) is 0 Å². The van der Waals surface area contributed by atoms with Crippen molar-refractivity contribution in [2.24, 2.45) is 5.73 Å². The molecule has 3 nitrogen and oxygen atoms in total. The summed E-state index contributed by atoms with van der Waals surface area (Å²) in [6.45, 7) is -0.129. The van der Waals surface area contributed by atoms with Gasteiger partial charge in [0, 0.05) is 6.54 Å². The summed E-state index contributed by atoms with van der Waals surface area (Å²) in [6.07, 6.45) is -4.59. The SMILES string of the molecule is N=C(N)NCc1cc(F)cc(C(F)(F)F)c1. The quantitative estimate of drug-likeness (QED) is 0.416. The van der Waals surface area contributed by atoms with Crippen LogP contribution in [-0.4, -0.2) is 5.96 Å². The summed E-state index contributed by atoms with van der Waals surface area (Å²) in [5, 5.41) is 9.12. The zero-order chi connectivity index (χ0) is 12.3.